The molecule has 0 bridgehead atoms. The second-order valence-corrected chi connectivity index (χ2v) is 4.38. The van der Waals surface area contributed by atoms with Crippen LogP contribution in [0.2, 0.25) is 0 Å². The first-order chi connectivity index (χ1) is 8.78. The zero-order valence-electron chi connectivity index (χ0n) is 9.55. The van der Waals surface area contributed by atoms with Crippen LogP contribution in [0.1, 0.15) is 22.8 Å². The van der Waals surface area contributed by atoms with Gasteiger partial charge < -0.3 is 9.47 Å². The summed E-state index contributed by atoms with van der Waals surface area (Å²) in [6, 6.07) is 3.93. The van der Waals surface area contributed by atoms with Gasteiger partial charge >= 0.3 is 12.3 Å². The van der Waals surface area contributed by atoms with Crippen LogP contribution in [0.3, 0.4) is 0 Å². The van der Waals surface area contributed by atoms with E-state index in [9.17, 15) is 18.0 Å². The molecule has 0 aliphatic rings. The van der Waals surface area contributed by atoms with E-state index in [4.69, 9.17) is 5.26 Å². The third-order valence-corrected chi connectivity index (χ3v) is 2.69. The first-order valence-corrected chi connectivity index (χ1v) is 6.03. The zero-order chi connectivity index (χ0) is 14.6. The van der Waals surface area contributed by atoms with E-state index >= 15 is 0 Å². The Hall–Kier alpha value is -1.50. The van der Waals surface area contributed by atoms with Crippen LogP contribution < -0.4 is 4.74 Å². The summed E-state index contributed by atoms with van der Waals surface area (Å²) in [6.45, 7) is 1.51. The third kappa shape index (κ3) is 4.27. The van der Waals surface area contributed by atoms with E-state index in [0.717, 1.165) is 6.07 Å². The number of hydrogen-bond acceptors (Lipinski definition) is 4. The maximum absolute atomic E-state index is 12.3. The molecule has 0 saturated carbocycles. The summed E-state index contributed by atoms with van der Waals surface area (Å²) < 4.78 is 45.3. The van der Waals surface area contributed by atoms with Crippen molar-refractivity contribution in [3.63, 3.8) is 0 Å². The molecular formula is C11H7F3INO3. The molecule has 4 nitrogen and oxygen atoms in total. The number of carbonyl (C=O) groups is 1. The van der Waals surface area contributed by atoms with Gasteiger partial charge in [0.1, 0.15) is 5.56 Å². The quantitative estimate of drug-likeness (QED) is 0.592. The lowest BCUT2D eigenvalue weighted by atomic mass is 10.1. The number of ether oxygens (including phenoxy) is 2. The molecule has 1 rings (SSSR count). The van der Waals surface area contributed by atoms with Gasteiger partial charge in [0.05, 0.1) is 21.8 Å². The second-order valence-electron chi connectivity index (χ2n) is 3.21. The van der Waals surface area contributed by atoms with E-state index < -0.39 is 23.6 Å². The van der Waals surface area contributed by atoms with Crippen LogP contribution in [-0.2, 0) is 4.74 Å². The standard InChI is InChI=1S/C11H7F3INO3/c1-2-18-10(17)7-3-6(5-16)4-8(15)9(7)19-11(12,13)14/h3-4H,2H2,1H3. The van der Waals surface area contributed by atoms with Crippen molar-refractivity contribution in [3.8, 4) is 11.8 Å². The molecule has 0 N–H and O–H groups in total. The number of rotatable bonds is 3. The molecule has 8 heteroatoms. The van der Waals surface area contributed by atoms with Gasteiger partial charge in [-0.2, -0.15) is 5.26 Å². The molecule has 0 aliphatic heterocycles. The number of carbonyl (C=O) groups excluding carboxylic acids is 1. The molecule has 0 amide bonds. The Morgan fingerprint density at radius 3 is 2.58 bits per heavy atom. The average molecular weight is 385 g/mol. The molecule has 1 aromatic carbocycles. The van der Waals surface area contributed by atoms with Gasteiger partial charge in [-0.25, -0.2) is 4.79 Å². The fourth-order valence-corrected chi connectivity index (χ4v) is 1.97. The highest BCUT2D eigenvalue weighted by molar-refractivity contribution is 14.1. The average Bonchev–Trinajstić information content (AvgIpc) is 2.30. The SMILES string of the molecule is CCOC(=O)c1cc(C#N)cc(I)c1OC(F)(F)F. The molecule has 19 heavy (non-hydrogen) atoms. The smallest absolute Gasteiger partial charge is 0.462 e. The van der Waals surface area contributed by atoms with Gasteiger partial charge in [0.15, 0.2) is 5.75 Å². The van der Waals surface area contributed by atoms with Crippen molar-refractivity contribution in [1.82, 2.24) is 0 Å². The molecule has 0 heterocycles. The number of benzene rings is 1. The Labute approximate surface area is 120 Å². The van der Waals surface area contributed by atoms with Crippen LogP contribution in [0.4, 0.5) is 13.2 Å². The monoisotopic (exact) mass is 385 g/mol. The maximum atomic E-state index is 12.3. The predicted octanol–water partition coefficient (Wildman–Crippen LogP) is 3.24. The lowest BCUT2D eigenvalue weighted by molar-refractivity contribution is -0.275. The molecule has 0 atom stereocenters. The van der Waals surface area contributed by atoms with Crippen LogP contribution in [0.25, 0.3) is 0 Å². The van der Waals surface area contributed by atoms with E-state index in [0.29, 0.717) is 0 Å². The highest BCUT2D eigenvalue weighted by Gasteiger charge is 2.34. The van der Waals surface area contributed by atoms with Crippen LogP contribution in [-0.4, -0.2) is 18.9 Å². The van der Waals surface area contributed by atoms with E-state index in [-0.39, 0.29) is 15.7 Å². The molecule has 0 unspecified atom stereocenters. The zero-order valence-corrected chi connectivity index (χ0v) is 11.7. The van der Waals surface area contributed by atoms with E-state index in [2.05, 4.69) is 9.47 Å². The number of nitrogens with zero attached hydrogens (tertiary/aromatic N) is 1. The van der Waals surface area contributed by atoms with E-state index in [1.54, 1.807) is 28.7 Å². The number of halogens is 4. The van der Waals surface area contributed by atoms with Gasteiger partial charge in [0.25, 0.3) is 0 Å². The lowest BCUT2D eigenvalue weighted by Gasteiger charge is -2.14. The van der Waals surface area contributed by atoms with Crippen LogP contribution in [0.5, 0.6) is 5.75 Å². The minimum Gasteiger partial charge on any atom is -0.462 e. The van der Waals surface area contributed by atoms with Gasteiger partial charge in [-0.15, -0.1) is 13.2 Å². The Balaban J connectivity index is 3.34. The molecule has 0 saturated heterocycles. The van der Waals surface area contributed by atoms with Crippen molar-refractivity contribution in [2.75, 3.05) is 6.61 Å². The highest BCUT2D eigenvalue weighted by atomic mass is 127. The third-order valence-electron chi connectivity index (χ3n) is 1.89. The van der Waals surface area contributed by atoms with Crippen molar-refractivity contribution in [1.29, 1.82) is 5.26 Å². The number of alkyl halides is 3. The Kier molecular flexibility index (Phi) is 4.99. The number of nitriles is 1. The van der Waals surface area contributed by atoms with Crippen molar-refractivity contribution in [3.05, 3.63) is 26.8 Å². The molecule has 102 valence electrons. The van der Waals surface area contributed by atoms with Crippen LogP contribution in [0, 0.1) is 14.9 Å². The first kappa shape index (κ1) is 15.6. The topological polar surface area (TPSA) is 59.3 Å². The molecule has 0 fully saturated rings. The fourth-order valence-electron chi connectivity index (χ4n) is 1.24. The Bertz CT molecular complexity index is 537. The number of esters is 1. The van der Waals surface area contributed by atoms with Gasteiger partial charge in [-0.1, -0.05) is 0 Å². The van der Waals surface area contributed by atoms with E-state index in [1.807, 2.05) is 0 Å². The maximum Gasteiger partial charge on any atom is 0.573 e. The largest absolute Gasteiger partial charge is 0.573 e. The summed E-state index contributed by atoms with van der Waals surface area (Å²) in [4.78, 5) is 11.6. The Morgan fingerprint density at radius 1 is 1.47 bits per heavy atom. The van der Waals surface area contributed by atoms with Gasteiger partial charge in [-0.3, -0.25) is 0 Å². The van der Waals surface area contributed by atoms with Gasteiger partial charge in [-0.05, 0) is 41.6 Å². The van der Waals surface area contributed by atoms with Gasteiger partial charge in [0.2, 0.25) is 0 Å². The first-order valence-electron chi connectivity index (χ1n) is 4.95. The number of hydrogen-bond donors (Lipinski definition) is 0. The molecule has 0 spiro atoms. The summed E-state index contributed by atoms with van der Waals surface area (Å²) >= 11 is 1.55. The van der Waals surface area contributed by atoms with E-state index in [1.165, 1.54) is 13.0 Å². The van der Waals surface area contributed by atoms with Crippen molar-refractivity contribution in [2.45, 2.75) is 13.3 Å². The Morgan fingerprint density at radius 2 is 2.11 bits per heavy atom. The summed E-state index contributed by atoms with van der Waals surface area (Å²) in [6.07, 6.45) is -4.94. The molecule has 1 aromatic rings. The summed E-state index contributed by atoms with van der Waals surface area (Å²) in [5.74, 6) is -1.64. The van der Waals surface area contributed by atoms with Crippen LogP contribution in [0.15, 0.2) is 12.1 Å². The summed E-state index contributed by atoms with van der Waals surface area (Å²) in [7, 11) is 0. The minimum atomic E-state index is -4.94. The summed E-state index contributed by atoms with van der Waals surface area (Å²) in [5.41, 5.74) is -0.385. The minimum absolute atomic E-state index is 0.00233. The van der Waals surface area contributed by atoms with Gasteiger partial charge in [0, 0.05) is 0 Å². The molecule has 0 radical (unpaired) electrons. The van der Waals surface area contributed by atoms with Crippen LogP contribution >= 0.6 is 22.6 Å². The predicted molar refractivity (Wildman–Crippen MR) is 66.5 cm³/mol. The fraction of sp³-hybridized carbons (Fsp3) is 0.273. The second kappa shape index (κ2) is 6.10. The summed E-state index contributed by atoms with van der Waals surface area (Å²) in [5, 5.41) is 8.75. The normalized spacial score (nSPS) is 10.7. The van der Waals surface area contributed by atoms with Crippen molar-refractivity contribution in [2.24, 2.45) is 0 Å². The van der Waals surface area contributed by atoms with Crippen molar-refractivity contribution < 1.29 is 27.4 Å². The lowest BCUT2D eigenvalue weighted by Crippen LogP contribution is -2.20. The molecule has 0 aromatic heterocycles. The highest BCUT2D eigenvalue weighted by Crippen LogP contribution is 2.32. The molecular weight excluding hydrogens is 378 g/mol. The molecule has 0 aliphatic carbocycles. The van der Waals surface area contributed by atoms with Crippen molar-refractivity contribution >= 4 is 28.6 Å².